The number of halogens is 1. The summed E-state index contributed by atoms with van der Waals surface area (Å²) in [4.78, 5) is 9.08. The first-order chi connectivity index (χ1) is 9.15. The van der Waals surface area contributed by atoms with Crippen LogP contribution >= 0.6 is 0 Å². The fourth-order valence-corrected chi connectivity index (χ4v) is 2.03. The van der Waals surface area contributed by atoms with Crippen molar-refractivity contribution in [1.82, 2.24) is 9.97 Å². The molecule has 3 nitrogen and oxygen atoms in total. The number of aryl methyl sites for hydroxylation is 1. The number of rotatable bonds is 4. The fraction of sp³-hybridized carbons (Fsp3) is 0.333. The zero-order chi connectivity index (χ0) is 13.8. The molecule has 0 saturated heterocycles. The molecule has 0 radical (unpaired) electrons. The minimum absolute atomic E-state index is 0.238. The van der Waals surface area contributed by atoms with Crippen LogP contribution in [0.4, 0.5) is 10.2 Å². The maximum Gasteiger partial charge on any atom is 0.132 e. The third kappa shape index (κ3) is 2.89. The van der Waals surface area contributed by atoms with Gasteiger partial charge in [-0.05, 0) is 37.6 Å². The molecule has 0 aliphatic rings. The van der Waals surface area contributed by atoms with E-state index in [2.05, 4.69) is 22.2 Å². The van der Waals surface area contributed by atoms with Crippen LogP contribution in [0.15, 0.2) is 24.3 Å². The van der Waals surface area contributed by atoms with Crippen molar-refractivity contribution in [2.75, 3.05) is 12.4 Å². The molecule has 0 bridgehead atoms. The van der Waals surface area contributed by atoms with E-state index in [1.54, 1.807) is 12.1 Å². The lowest BCUT2D eigenvalue weighted by Crippen LogP contribution is -2.05. The van der Waals surface area contributed by atoms with Crippen LogP contribution in [0, 0.1) is 12.7 Å². The van der Waals surface area contributed by atoms with Gasteiger partial charge in [0.25, 0.3) is 0 Å². The third-order valence-corrected chi connectivity index (χ3v) is 3.02. The van der Waals surface area contributed by atoms with Crippen LogP contribution in [0.5, 0.6) is 0 Å². The number of benzene rings is 1. The lowest BCUT2D eigenvalue weighted by Gasteiger charge is -2.12. The summed E-state index contributed by atoms with van der Waals surface area (Å²) in [6.45, 7) is 4.07. The highest BCUT2D eigenvalue weighted by Crippen LogP contribution is 2.26. The lowest BCUT2D eigenvalue weighted by molar-refractivity contribution is 0.628. The van der Waals surface area contributed by atoms with Gasteiger partial charge in [0.1, 0.15) is 17.5 Å². The van der Waals surface area contributed by atoms with Gasteiger partial charge in [-0.15, -0.1) is 0 Å². The quantitative estimate of drug-likeness (QED) is 0.911. The van der Waals surface area contributed by atoms with E-state index in [1.165, 1.54) is 12.1 Å². The first-order valence-electron chi connectivity index (χ1n) is 6.47. The molecule has 0 aliphatic heterocycles. The normalized spacial score (nSPS) is 10.5. The van der Waals surface area contributed by atoms with E-state index in [1.807, 2.05) is 14.0 Å². The van der Waals surface area contributed by atoms with Gasteiger partial charge < -0.3 is 5.32 Å². The van der Waals surface area contributed by atoms with Crippen LogP contribution < -0.4 is 5.32 Å². The van der Waals surface area contributed by atoms with Gasteiger partial charge in [0.15, 0.2) is 0 Å². The van der Waals surface area contributed by atoms with Crippen molar-refractivity contribution in [3.8, 4) is 11.3 Å². The van der Waals surface area contributed by atoms with Crippen LogP contribution in [-0.2, 0) is 6.42 Å². The zero-order valence-corrected chi connectivity index (χ0v) is 11.5. The third-order valence-electron chi connectivity index (χ3n) is 3.02. The van der Waals surface area contributed by atoms with Gasteiger partial charge in [-0.25, -0.2) is 14.4 Å². The van der Waals surface area contributed by atoms with Crippen molar-refractivity contribution < 1.29 is 4.39 Å². The van der Waals surface area contributed by atoms with Crippen molar-refractivity contribution in [2.24, 2.45) is 0 Å². The number of aromatic nitrogens is 2. The highest BCUT2D eigenvalue weighted by molar-refractivity contribution is 5.68. The summed E-state index contributed by atoms with van der Waals surface area (Å²) in [5, 5.41) is 3.09. The molecule has 2 aromatic rings. The van der Waals surface area contributed by atoms with E-state index in [-0.39, 0.29) is 5.82 Å². The summed E-state index contributed by atoms with van der Waals surface area (Å²) in [6, 6.07) is 6.41. The van der Waals surface area contributed by atoms with Crippen molar-refractivity contribution in [3.05, 3.63) is 41.5 Å². The molecule has 0 unspecified atom stereocenters. The molecule has 1 aromatic carbocycles. The average Bonchev–Trinajstić information content (AvgIpc) is 2.42. The second-order valence-corrected chi connectivity index (χ2v) is 4.47. The zero-order valence-electron chi connectivity index (χ0n) is 11.5. The Kier molecular flexibility index (Phi) is 4.10. The molecular weight excluding hydrogens is 241 g/mol. The van der Waals surface area contributed by atoms with Gasteiger partial charge in [0.05, 0.1) is 5.69 Å². The highest BCUT2D eigenvalue weighted by atomic mass is 19.1. The molecule has 0 atom stereocenters. The lowest BCUT2D eigenvalue weighted by atomic mass is 10.1. The van der Waals surface area contributed by atoms with Gasteiger partial charge in [-0.2, -0.15) is 0 Å². The monoisotopic (exact) mass is 259 g/mol. The second-order valence-electron chi connectivity index (χ2n) is 4.47. The summed E-state index contributed by atoms with van der Waals surface area (Å²) in [7, 11) is 1.85. The predicted octanol–water partition coefficient (Wildman–Crippen LogP) is 3.59. The van der Waals surface area contributed by atoms with Crippen LogP contribution in [-0.4, -0.2) is 17.0 Å². The highest BCUT2D eigenvalue weighted by Gasteiger charge is 2.11. The van der Waals surface area contributed by atoms with E-state index in [0.717, 1.165) is 41.3 Å². The Morgan fingerprint density at radius 3 is 2.42 bits per heavy atom. The van der Waals surface area contributed by atoms with Crippen molar-refractivity contribution in [2.45, 2.75) is 26.7 Å². The molecular formula is C15H18FN3. The molecule has 0 aliphatic carbocycles. The van der Waals surface area contributed by atoms with Crippen molar-refractivity contribution in [1.29, 1.82) is 0 Å². The molecule has 4 heteroatoms. The number of hydrogen-bond donors (Lipinski definition) is 1. The summed E-state index contributed by atoms with van der Waals surface area (Å²) in [5.74, 6) is 1.41. The SMILES string of the molecule is CCCc1nc(NC)c(C)c(-c2ccc(F)cc2)n1. The van der Waals surface area contributed by atoms with Gasteiger partial charge in [0.2, 0.25) is 0 Å². The molecule has 0 amide bonds. The summed E-state index contributed by atoms with van der Waals surface area (Å²) < 4.78 is 13.0. The molecule has 19 heavy (non-hydrogen) atoms. The van der Waals surface area contributed by atoms with Crippen molar-refractivity contribution in [3.63, 3.8) is 0 Å². The van der Waals surface area contributed by atoms with E-state index in [9.17, 15) is 4.39 Å². The number of nitrogens with zero attached hydrogens (tertiary/aromatic N) is 2. The standard InChI is InChI=1S/C15H18FN3/c1-4-5-13-18-14(10(2)15(17-3)19-13)11-6-8-12(16)9-7-11/h6-9H,4-5H2,1-3H3,(H,17,18,19). The van der Waals surface area contributed by atoms with Gasteiger partial charge in [-0.1, -0.05) is 6.92 Å². The smallest absolute Gasteiger partial charge is 0.132 e. The minimum Gasteiger partial charge on any atom is -0.373 e. The van der Waals surface area contributed by atoms with E-state index in [0.29, 0.717) is 0 Å². The van der Waals surface area contributed by atoms with Crippen molar-refractivity contribution >= 4 is 5.82 Å². The Balaban J connectivity index is 2.54. The fourth-order valence-electron chi connectivity index (χ4n) is 2.03. The summed E-state index contributed by atoms with van der Waals surface area (Å²) >= 11 is 0. The largest absolute Gasteiger partial charge is 0.373 e. The molecule has 1 N–H and O–H groups in total. The second kappa shape index (κ2) is 5.78. The first-order valence-corrected chi connectivity index (χ1v) is 6.47. The summed E-state index contributed by atoms with van der Waals surface area (Å²) in [6.07, 6.45) is 1.83. The first kappa shape index (κ1) is 13.5. The number of nitrogens with one attached hydrogen (secondary N) is 1. The maximum absolute atomic E-state index is 13.0. The molecule has 0 saturated carbocycles. The van der Waals surface area contributed by atoms with Crippen LogP contribution in [0.3, 0.4) is 0 Å². The van der Waals surface area contributed by atoms with E-state index >= 15 is 0 Å². The molecule has 100 valence electrons. The Morgan fingerprint density at radius 2 is 1.84 bits per heavy atom. The number of hydrogen-bond acceptors (Lipinski definition) is 3. The Labute approximate surface area is 112 Å². The average molecular weight is 259 g/mol. The predicted molar refractivity (Wildman–Crippen MR) is 75.7 cm³/mol. The number of anilines is 1. The van der Waals surface area contributed by atoms with Gasteiger partial charge >= 0.3 is 0 Å². The molecule has 1 heterocycles. The van der Waals surface area contributed by atoms with Gasteiger partial charge in [0, 0.05) is 24.6 Å². The van der Waals surface area contributed by atoms with Crippen LogP contribution in [0.25, 0.3) is 11.3 Å². The van der Waals surface area contributed by atoms with Crippen LogP contribution in [0.2, 0.25) is 0 Å². The molecule has 1 aromatic heterocycles. The Hall–Kier alpha value is -1.97. The Morgan fingerprint density at radius 1 is 1.16 bits per heavy atom. The van der Waals surface area contributed by atoms with E-state index in [4.69, 9.17) is 0 Å². The Bertz CT molecular complexity index is 564. The topological polar surface area (TPSA) is 37.8 Å². The van der Waals surface area contributed by atoms with E-state index < -0.39 is 0 Å². The molecule has 0 spiro atoms. The molecule has 2 rings (SSSR count). The van der Waals surface area contributed by atoms with Crippen LogP contribution in [0.1, 0.15) is 24.7 Å². The summed E-state index contributed by atoms with van der Waals surface area (Å²) in [5.41, 5.74) is 2.76. The maximum atomic E-state index is 13.0. The molecule has 0 fully saturated rings. The minimum atomic E-state index is -0.238. The van der Waals surface area contributed by atoms with Gasteiger partial charge in [-0.3, -0.25) is 0 Å².